The number of nitrogens with zero attached hydrogens (tertiary/aromatic N) is 2. The maximum atomic E-state index is 4.45. The molecule has 0 saturated heterocycles. The van der Waals surface area contributed by atoms with E-state index in [-0.39, 0.29) is 0 Å². The molecule has 1 aromatic heterocycles. The Morgan fingerprint density at radius 2 is 2.00 bits per heavy atom. The Hall–Kier alpha value is 0.290. The Morgan fingerprint density at radius 1 is 1.31 bits per heavy atom. The first-order valence-electron chi connectivity index (χ1n) is 4.75. The van der Waals surface area contributed by atoms with E-state index in [2.05, 4.69) is 38.9 Å². The highest BCUT2D eigenvalue weighted by atomic mass is 127. The first-order chi connectivity index (χ1) is 6.25. The molecule has 72 valence electrons. The predicted octanol–water partition coefficient (Wildman–Crippen LogP) is 3.44. The van der Waals surface area contributed by atoms with Gasteiger partial charge in [0.1, 0.15) is 5.82 Å². The maximum absolute atomic E-state index is 4.45. The molecule has 1 saturated carbocycles. The van der Waals surface area contributed by atoms with E-state index in [4.69, 9.17) is 0 Å². The highest BCUT2D eigenvalue weighted by molar-refractivity contribution is 14.1. The molecule has 4 heteroatoms. The van der Waals surface area contributed by atoms with E-state index < -0.39 is 0 Å². The molecular weight excluding hydrogens is 295 g/mol. The second-order valence-electron chi connectivity index (χ2n) is 3.86. The first-order valence-corrected chi connectivity index (χ1v) is 6.60. The molecule has 1 fully saturated rings. The van der Waals surface area contributed by atoms with Crippen LogP contribution < -0.4 is 0 Å². The van der Waals surface area contributed by atoms with Crippen LogP contribution in [-0.4, -0.2) is 9.36 Å². The van der Waals surface area contributed by atoms with Crippen molar-refractivity contribution >= 4 is 34.1 Å². The fourth-order valence-corrected chi connectivity index (χ4v) is 2.94. The number of aromatic nitrogens is 2. The van der Waals surface area contributed by atoms with Crippen molar-refractivity contribution in [3.63, 3.8) is 0 Å². The molecule has 1 aliphatic rings. The zero-order chi connectivity index (χ0) is 9.26. The molecule has 0 unspecified atom stereocenters. The molecule has 0 N–H and O–H groups in total. The third-order valence-electron chi connectivity index (χ3n) is 2.80. The Kier molecular flexibility index (Phi) is 3.18. The van der Waals surface area contributed by atoms with Crippen LogP contribution in [0.15, 0.2) is 0 Å². The van der Waals surface area contributed by atoms with E-state index in [0.717, 1.165) is 14.8 Å². The minimum Gasteiger partial charge on any atom is -0.213 e. The van der Waals surface area contributed by atoms with Crippen molar-refractivity contribution in [2.45, 2.75) is 38.5 Å². The summed E-state index contributed by atoms with van der Waals surface area (Å²) in [6, 6.07) is 0. The zero-order valence-electron chi connectivity index (χ0n) is 7.66. The van der Waals surface area contributed by atoms with Crippen molar-refractivity contribution < 1.29 is 0 Å². The summed E-state index contributed by atoms with van der Waals surface area (Å²) < 4.78 is 5.46. The van der Waals surface area contributed by atoms with Crippen LogP contribution in [0.4, 0.5) is 0 Å². The molecule has 2 nitrogen and oxygen atoms in total. The standard InChI is InChI=1S/C9H13IN2S/c1-6-2-4-7(5-3-6)8-11-9(10)13-12-8/h6-7H,2-5H2,1H3. The van der Waals surface area contributed by atoms with Crippen LogP contribution >= 0.6 is 34.1 Å². The second kappa shape index (κ2) is 4.21. The Balaban J connectivity index is 2.02. The van der Waals surface area contributed by atoms with Crippen LogP contribution in [0.3, 0.4) is 0 Å². The van der Waals surface area contributed by atoms with E-state index in [0.29, 0.717) is 5.92 Å². The van der Waals surface area contributed by atoms with Crippen LogP contribution in [0.1, 0.15) is 44.3 Å². The normalized spacial score (nSPS) is 29.1. The third-order valence-corrected chi connectivity index (χ3v) is 4.15. The topological polar surface area (TPSA) is 25.8 Å². The Morgan fingerprint density at radius 3 is 2.54 bits per heavy atom. The number of hydrogen-bond donors (Lipinski definition) is 0. The van der Waals surface area contributed by atoms with Crippen LogP contribution in [0, 0.1) is 8.93 Å². The summed E-state index contributed by atoms with van der Waals surface area (Å²) in [6.07, 6.45) is 5.27. The van der Waals surface area contributed by atoms with Crippen molar-refractivity contribution in [2.24, 2.45) is 5.92 Å². The molecule has 1 heterocycles. The van der Waals surface area contributed by atoms with Gasteiger partial charge in [0.25, 0.3) is 0 Å². The molecule has 0 radical (unpaired) electrons. The number of halogens is 1. The Bertz CT molecular complexity index is 279. The van der Waals surface area contributed by atoms with Crippen LogP contribution in [0.5, 0.6) is 0 Å². The van der Waals surface area contributed by atoms with E-state index in [1.54, 1.807) is 0 Å². The minimum absolute atomic E-state index is 0.649. The van der Waals surface area contributed by atoms with Gasteiger partial charge in [-0.3, -0.25) is 0 Å². The fraction of sp³-hybridized carbons (Fsp3) is 0.778. The quantitative estimate of drug-likeness (QED) is 0.743. The first kappa shape index (κ1) is 9.83. The lowest BCUT2D eigenvalue weighted by atomic mass is 9.83. The van der Waals surface area contributed by atoms with Crippen molar-refractivity contribution in [1.29, 1.82) is 0 Å². The predicted molar refractivity (Wildman–Crippen MR) is 63.0 cm³/mol. The molecular formula is C9H13IN2S. The van der Waals surface area contributed by atoms with Gasteiger partial charge < -0.3 is 0 Å². The molecule has 13 heavy (non-hydrogen) atoms. The summed E-state index contributed by atoms with van der Waals surface area (Å²) in [5, 5.41) is 0. The summed E-state index contributed by atoms with van der Waals surface area (Å²) in [6.45, 7) is 2.34. The number of rotatable bonds is 1. The molecule has 0 atom stereocenters. The monoisotopic (exact) mass is 308 g/mol. The van der Waals surface area contributed by atoms with Crippen molar-refractivity contribution in [3.8, 4) is 0 Å². The van der Waals surface area contributed by atoms with E-state index in [1.807, 2.05) is 0 Å². The molecule has 0 bridgehead atoms. The molecule has 0 aromatic carbocycles. The minimum atomic E-state index is 0.649. The summed E-state index contributed by atoms with van der Waals surface area (Å²) in [5.74, 6) is 2.66. The lowest BCUT2D eigenvalue weighted by molar-refractivity contribution is 0.341. The summed E-state index contributed by atoms with van der Waals surface area (Å²) in [5.41, 5.74) is 0. The van der Waals surface area contributed by atoms with Crippen LogP contribution in [-0.2, 0) is 0 Å². The van der Waals surface area contributed by atoms with Gasteiger partial charge in [0.15, 0.2) is 3.01 Å². The van der Waals surface area contributed by atoms with Crippen molar-refractivity contribution in [1.82, 2.24) is 9.36 Å². The average molecular weight is 308 g/mol. The number of hydrogen-bond acceptors (Lipinski definition) is 3. The average Bonchev–Trinajstić information content (AvgIpc) is 2.53. The van der Waals surface area contributed by atoms with E-state index in [1.165, 1.54) is 37.2 Å². The summed E-state index contributed by atoms with van der Waals surface area (Å²) >= 11 is 3.77. The largest absolute Gasteiger partial charge is 0.213 e. The van der Waals surface area contributed by atoms with Crippen LogP contribution in [0.2, 0.25) is 0 Å². The van der Waals surface area contributed by atoms with Gasteiger partial charge >= 0.3 is 0 Å². The third kappa shape index (κ3) is 2.40. The molecule has 1 aromatic rings. The molecule has 0 amide bonds. The lowest BCUT2D eigenvalue weighted by Crippen LogP contribution is -2.11. The SMILES string of the molecule is CC1CCC(c2nsc(I)n2)CC1. The van der Waals surface area contributed by atoms with Gasteiger partial charge in [-0.25, -0.2) is 4.98 Å². The zero-order valence-corrected chi connectivity index (χ0v) is 10.6. The lowest BCUT2D eigenvalue weighted by Gasteiger charge is -2.23. The van der Waals surface area contributed by atoms with Gasteiger partial charge in [-0.05, 0) is 52.9 Å². The fourth-order valence-electron chi connectivity index (χ4n) is 1.90. The highest BCUT2D eigenvalue weighted by Crippen LogP contribution is 2.34. The van der Waals surface area contributed by atoms with E-state index in [9.17, 15) is 0 Å². The smallest absolute Gasteiger partial charge is 0.173 e. The summed E-state index contributed by atoms with van der Waals surface area (Å²) in [7, 11) is 0. The molecule has 0 aliphatic heterocycles. The van der Waals surface area contributed by atoms with Gasteiger partial charge in [0.05, 0.1) is 0 Å². The Labute approximate surface area is 96.5 Å². The van der Waals surface area contributed by atoms with Crippen molar-refractivity contribution in [2.75, 3.05) is 0 Å². The van der Waals surface area contributed by atoms with Gasteiger partial charge in [-0.1, -0.05) is 19.8 Å². The molecule has 2 rings (SSSR count). The molecule has 1 aliphatic carbocycles. The van der Waals surface area contributed by atoms with Crippen LogP contribution in [0.25, 0.3) is 0 Å². The van der Waals surface area contributed by atoms with E-state index >= 15 is 0 Å². The van der Waals surface area contributed by atoms with Gasteiger partial charge in [-0.2, -0.15) is 4.37 Å². The van der Waals surface area contributed by atoms with Crippen molar-refractivity contribution in [3.05, 3.63) is 8.84 Å². The van der Waals surface area contributed by atoms with Gasteiger partial charge in [-0.15, -0.1) is 0 Å². The second-order valence-corrected chi connectivity index (χ2v) is 6.37. The highest BCUT2D eigenvalue weighted by Gasteiger charge is 2.22. The summed E-state index contributed by atoms with van der Waals surface area (Å²) in [4.78, 5) is 4.45. The van der Waals surface area contributed by atoms with Gasteiger partial charge in [0.2, 0.25) is 0 Å². The maximum Gasteiger partial charge on any atom is 0.173 e. The molecule has 0 spiro atoms. The van der Waals surface area contributed by atoms with Gasteiger partial charge in [0, 0.05) is 5.92 Å².